The molecule has 2 amide bonds. The molecule has 0 aromatic heterocycles. The summed E-state index contributed by atoms with van der Waals surface area (Å²) in [6, 6.07) is 21.1. The molecule has 0 saturated heterocycles. The summed E-state index contributed by atoms with van der Waals surface area (Å²) in [4.78, 5) is 25.1. The van der Waals surface area contributed by atoms with Crippen molar-refractivity contribution in [1.29, 1.82) is 0 Å². The Labute approximate surface area is 258 Å². The van der Waals surface area contributed by atoms with Crippen molar-refractivity contribution in [3.8, 4) is 0 Å². The summed E-state index contributed by atoms with van der Waals surface area (Å²) < 4.78 is 36.1. The largest absolute Gasteiger partial charge is 0.368 e. The molecule has 3 aromatic rings. The first kappa shape index (κ1) is 32.4. The van der Waals surface area contributed by atoms with Crippen LogP contribution in [0.15, 0.2) is 95.4 Å². The number of amides is 2. The average molecular weight is 624 g/mol. The number of nitrogens with two attached hydrogens (primary N) is 1. The molecule has 0 unspecified atom stereocenters. The van der Waals surface area contributed by atoms with E-state index < -0.39 is 45.4 Å². The predicted molar refractivity (Wildman–Crippen MR) is 168 cm³/mol. The average Bonchev–Trinajstić information content (AvgIpc) is 3.35. The molecule has 1 aliphatic heterocycles. The van der Waals surface area contributed by atoms with Crippen LogP contribution in [0.1, 0.15) is 43.5 Å². The van der Waals surface area contributed by atoms with Crippen LogP contribution in [0.5, 0.6) is 0 Å². The van der Waals surface area contributed by atoms with Crippen molar-refractivity contribution in [3.63, 3.8) is 0 Å². The van der Waals surface area contributed by atoms with E-state index in [4.69, 9.17) is 22.1 Å². The molecule has 0 bridgehead atoms. The third-order valence-electron chi connectivity index (χ3n) is 7.44. The number of benzene rings is 3. The second kappa shape index (κ2) is 13.4. The lowest BCUT2D eigenvalue weighted by atomic mass is 9.87. The van der Waals surface area contributed by atoms with Crippen LogP contribution < -0.4 is 11.1 Å². The number of nitrogens with one attached hydrogen (secondary N) is 1. The van der Waals surface area contributed by atoms with Crippen LogP contribution in [0.25, 0.3) is 0 Å². The molecule has 0 spiro atoms. The van der Waals surface area contributed by atoms with Gasteiger partial charge in [0.15, 0.2) is 0 Å². The molecule has 43 heavy (non-hydrogen) atoms. The van der Waals surface area contributed by atoms with E-state index in [1.807, 2.05) is 63.2 Å². The highest BCUT2D eigenvalue weighted by Crippen LogP contribution is 2.46. The Morgan fingerprint density at radius 3 is 2.23 bits per heavy atom. The number of sulfonamides is 1. The topological polar surface area (TPSA) is 119 Å². The van der Waals surface area contributed by atoms with Gasteiger partial charge in [-0.05, 0) is 52.8 Å². The zero-order valence-corrected chi connectivity index (χ0v) is 26.4. The van der Waals surface area contributed by atoms with Gasteiger partial charge >= 0.3 is 0 Å². The molecule has 1 aliphatic rings. The number of carbonyl (C=O) groups excluding carboxylic acids is 2. The van der Waals surface area contributed by atoms with Gasteiger partial charge in [-0.2, -0.15) is 4.31 Å². The summed E-state index contributed by atoms with van der Waals surface area (Å²) in [5.41, 5.74) is 8.01. The van der Waals surface area contributed by atoms with Crippen LogP contribution >= 0.6 is 11.6 Å². The molecule has 0 aliphatic carbocycles. The van der Waals surface area contributed by atoms with Crippen LogP contribution in [0.4, 0.5) is 0 Å². The fourth-order valence-electron chi connectivity index (χ4n) is 5.27. The van der Waals surface area contributed by atoms with Crippen LogP contribution in [0, 0.1) is 12.3 Å². The van der Waals surface area contributed by atoms with Crippen molar-refractivity contribution in [2.75, 3.05) is 13.2 Å². The Morgan fingerprint density at radius 1 is 1.00 bits per heavy atom. The molecule has 3 atom stereocenters. The monoisotopic (exact) mass is 623 g/mol. The number of hydrogen-bond acceptors (Lipinski definition) is 5. The number of hydrogen-bond donors (Lipinski definition) is 2. The van der Waals surface area contributed by atoms with Gasteiger partial charge in [0.05, 0.1) is 17.5 Å². The minimum absolute atomic E-state index is 0.00694. The van der Waals surface area contributed by atoms with Gasteiger partial charge in [-0.25, -0.2) is 8.42 Å². The molecular formula is C33H38ClN3O5S. The van der Waals surface area contributed by atoms with Gasteiger partial charge < -0.3 is 15.8 Å². The van der Waals surface area contributed by atoms with E-state index in [1.54, 1.807) is 53.7 Å². The first-order chi connectivity index (χ1) is 20.3. The number of halogens is 1. The van der Waals surface area contributed by atoms with Crippen molar-refractivity contribution in [2.24, 2.45) is 11.1 Å². The Kier molecular flexibility index (Phi) is 10.1. The third kappa shape index (κ3) is 7.72. The fraction of sp³-hybridized carbons (Fsp3) is 0.333. The normalized spacial score (nSPS) is 18.2. The van der Waals surface area contributed by atoms with Gasteiger partial charge in [0.1, 0.15) is 12.6 Å². The van der Waals surface area contributed by atoms with Crippen LogP contribution in [0.3, 0.4) is 0 Å². The maximum Gasteiger partial charge on any atom is 0.246 e. The lowest BCUT2D eigenvalue weighted by Crippen LogP contribution is -2.47. The molecule has 228 valence electrons. The lowest BCUT2D eigenvalue weighted by molar-refractivity contribution is -0.130. The quantitative estimate of drug-likeness (QED) is 0.293. The standard InChI is InChI=1S/C33H38ClN3O5S/c1-22-10-8-9-13-28(22)43(40,41)37-29(33(2,3)4)19-25(31(37)24-14-16-26(34)17-15-24)20-42-21-30(38)36-27(32(35)39)18-23-11-6-5-7-12-23/h5-17,19,27,29,31H,18,20-21H2,1-4H3,(H2,35,39)(H,36,38)/t27-,29-,31-/m0/s1. The summed E-state index contributed by atoms with van der Waals surface area (Å²) in [6.45, 7) is 7.39. The Balaban J connectivity index is 1.59. The molecule has 0 radical (unpaired) electrons. The Morgan fingerprint density at radius 2 is 1.63 bits per heavy atom. The summed E-state index contributed by atoms with van der Waals surface area (Å²) in [5.74, 6) is -1.15. The van der Waals surface area contributed by atoms with Crippen molar-refractivity contribution < 1.29 is 22.7 Å². The summed E-state index contributed by atoms with van der Waals surface area (Å²) >= 11 is 6.18. The number of carbonyl (C=O) groups is 2. The first-order valence-corrected chi connectivity index (χ1v) is 15.9. The SMILES string of the molecule is Cc1ccccc1S(=O)(=O)N1[C@@H](c2ccc(Cl)cc2)C(COCC(=O)N[C@@H](Cc2ccccc2)C(N)=O)=C[C@H]1C(C)(C)C. The van der Waals surface area contributed by atoms with E-state index in [0.717, 1.165) is 11.1 Å². The number of rotatable bonds is 11. The molecule has 3 aromatic carbocycles. The van der Waals surface area contributed by atoms with Gasteiger partial charge in [-0.1, -0.05) is 99.1 Å². The van der Waals surface area contributed by atoms with Gasteiger partial charge in [0.2, 0.25) is 21.8 Å². The van der Waals surface area contributed by atoms with Gasteiger partial charge in [-0.15, -0.1) is 0 Å². The van der Waals surface area contributed by atoms with E-state index in [2.05, 4.69) is 5.32 Å². The second-order valence-corrected chi connectivity index (χ2v) is 14.1. The number of primary amides is 1. The van der Waals surface area contributed by atoms with Gasteiger partial charge in [0, 0.05) is 17.5 Å². The van der Waals surface area contributed by atoms with Crippen LogP contribution in [0.2, 0.25) is 5.02 Å². The maximum atomic E-state index is 14.3. The van der Waals surface area contributed by atoms with Crippen molar-refractivity contribution in [1.82, 2.24) is 9.62 Å². The van der Waals surface area contributed by atoms with Gasteiger partial charge in [0.25, 0.3) is 0 Å². The summed E-state index contributed by atoms with van der Waals surface area (Å²) in [5, 5.41) is 3.18. The molecule has 1 heterocycles. The van der Waals surface area contributed by atoms with Crippen LogP contribution in [-0.4, -0.2) is 49.8 Å². The highest BCUT2D eigenvalue weighted by Gasteiger charge is 2.48. The first-order valence-electron chi connectivity index (χ1n) is 14.0. The smallest absolute Gasteiger partial charge is 0.246 e. The van der Waals surface area contributed by atoms with E-state index in [0.29, 0.717) is 16.2 Å². The van der Waals surface area contributed by atoms with Gasteiger partial charge in [-0.3, -0.25) is 9.59 Å². The summed E-state index contributed by atoms with van der Waals surface area (Å²) in [6.07, 6.45) is 2.18. The Bertz CT molecular complexity index is 1580. The van der Waals surface area contributed by atoms with E-state index in [9.17, 15) is 18.0 Å². The zero-order valence-electron chi connectivity index (χ0n) is 24.8. The minimum Gasteiger partial charge on any atom is -0.368 e. The number of ether oxygens (including phenoxy) is 1. The molecule has 8 nitrogen and oxygen atoms in total. The molecule has 0 fully saturated rings. The number of aryl methyl sites for hydroxylation is 1. The highest BCUT2D eigenvalue weighted by molar-refractivity contribution is 7.89. The molecule has 4 rings (SSSR count). The highest BCUT2D eigenvalue weighted by atomic mass is 35.5. The maximum absolute atomic E-state index is 14.3. The van der Waals surface area contributed by atoms with E-state index in [1.165, 1.54) is 0 Å². The lowest BCUT2D eigenvalue weighted by Gasteiger charge is -2.37. The molecule has 10 heteroatoms. The van der Waals surface area contributed by atoms with E-state index >= 15 is 0 Å². The van der Waals surface area contributed by atoms with Crippen molar-refractivity contribution in [3.05, 3.63) is 112 Å². The van der Waals surface area contributed by atoms with E-state index in [-0.39, 0.29) is 24.5 Å². The minimum atomic E-state index is -3.98. The molecular weight excluding hydrogens is 586 g/mol. The van der Waals surface area contributed by atoms with Crippen molar-refractivity contribution in [2.45, 2.75) is 57.1 Å². The second-order valence-electron chi connectivity index (χ2n) is 11.8. The predicted octanol–water partition coefficient (Wildman–Crippen LogP) is 4.96. The zero-order chi connectivity index (χ0) is 31.4. The third-order valence-corrected chi connectivity index (χ3v) is 9.70. The number of nitrogens with zero attached hydrogens (tertiary/aromatic N) is 1. The van der Waals surface area contributed by atoms with Crippen LogP contribution in [-0.2, 0) is 30.8 Å². The molecule has 3 N–H and O–H groups in total. The van der Waals surface area contributed by atoms with Crippen molar-refractivity contribution >= 4 is 33.4 Å². The molecule has 0 saturated carbocycles. The summed E-state index contributed by atoms with van der Waals surface area (Å²) in [7, 11) is -3.98. The fourth-order valence-corrected chi connectivity index (χ4v) is 7.56. The Hall–Kier alpha value is -3.50.